The highest BCUT2D eigenvalue weighted by atomic mass is 16.6. The van der Waals surface area contributed by atoms with Crippen LogP contribution in [0.15, 0.2) is 85.0 Å². The van der Waals surface area contributed by atoms with Crippen molar-refractivity contribution in [2.75, 3.05) is 20.3 Å². The van der Waals surface area contributed by atoms with Crippen LogP contribution in [0.3, 0.4) is 0 Å². The van der Waals surface area contributed by atoms with Crippen molar-refractivity contribution < 1.29 is 47.7 Å². The van der Waals surface area contributed by atoms with Gasteiger partial charge in [0.2, 0.25) is 0 Å². The normalized spacial score (nSPS) is 10.8. The van der Waals surface area contributed by atoms with Crippen LogP contribution < -0.4 is 9.47 Å². The lowest BCUT2D eigenvalue weighted by Gasteiger charge is -2.13. The van der Waals surface area contributed by atoms with E-state index in [2.05, 4.69) is 18.2 Å². The Bertz CT molecular complexity index is 1690. The Morgan fingerprint density at radius 2 is 1.23 bits per heavy atom. The maximum Gasteiger partial charge on any atom is 0.343 e. The lowest BCUT2D eigenvalue weighted by Crippen LogP contribution is -2.14. The summed E-state index contributed by atoms with van der Waals surface area (Å²) in [4.78, 5) is 62.0. The van der Waals surface area contributed by atoms with Crippen molar-refractivity contribution in [3.8, 4) is 11.5 Å². The van der Waals surface area contributed by atoms with Crippen LogP contribution in [0.25, 0.3) is 6.08 Å². The molecule has 0 atom stereocenters. The highest BCUT2D eigenvalue weighted by Gasteiger charge is 2.21. The number of aryl methyl sites for hydroxylation is 1. The molecule has 0 radical (unpaired) electrons. The Balaban J connectivity index is 1.58. The number of esters is 5. The van der Waals surface area contributed by atoms with Crippen molar-refractivity contribution in [1.29, 1.82) is 0 Å². The fourth-order valence-electron chi connectivity index (χ4n) is 5.00. The summed E-state index contributed by atoms with van der Waals surface area (Å²) in [6, 6.07) is 17.6. The molecule has 0 unspecified atom stereocenters. The minimum absolute atomic E-state index is 0.0245. The van der Waals surface area contributed by atoms with Crippen molar-refractivity contribution in [1.82, 2.24) is 0 Å². The van der Waals surface area contributed by atoms with Gasteiger partial charge in [-0.05, 0) is 85.9 Å². The highest BCUT2D eigenvalue weighted by Crippen LogP contribution is 2.27. The van der Waals surface area contributed by atoms with Gasteiger partial charge in [0.1, 0.15) is 17.1 Å². The van der Waals surface area contributed by atoms with E-state index >= 15 is 0 Å². The van der Waals surface area contributed by atoms with Crippen LogP contribution in [0, 0.1) is 0 Å². The van der Waals surface area contributed by atoms with Gasteiger partial charge in [-0.3, -0.25) is 0 Å². The number of carbonyl (C=O) groups excluding carboxylic acids is 5. The fraction of sp³-hybridized carbons (Fsp3) is 0.357. The average molecular weight is 713 g/mol. The lowest BCUT2D eigenvalue weighted by molar-refractivity contribution is -0.139. The fourth-order valence-corrected chi connectivity index (χ4v) is 5.00. The molecular formula is C42H48O10. The van der Waals surface area contributed by atoms with E-state index in [-0.39, 0.29) is 35.2 Å². The SMILES string of the molecule is C=C(C)C(=O)OCCCCCCCCCCOC(=O)c1cc(OC(=O)c2ccc(/C=C/C(=O)OC)cc2)ccc1OC(=O)c1ccc(CCC)cc1. The van der Waals surface area contributed by atoms with Gasteiger partial charge in [0.15, 0.2) is 0 Å². The van der Waals surface area contributed by atoms with Crippen LogP contribution >= 0.6 is 0 Å². The Kier molecular flexibility index (Phi) is 17.6. The highest BCUT2D eigenvalue weighted by molar-refractivity contribution is 5.97. The van der Waals surface area contributed by atoms with E-state index in [1.165, 1.54) is 31.4 Å². The third-order valence-electron chi connectivity index (χ3n) is 7.93. The second-order valence-corrected chi connectivity index (χ2v) is 12.2. The summed E-state index contributed by atoms with van der Waals surface area (Å²) in [5.74, 6) is -2.85. The molecule has 0 spiro atoms. The molecule has 0 aromatic heterocycles. The number of hydrogen-bond donors (Lipinski definition) is 0. The van der Waals surface area contributed by atoms with Gasteiger partial charge in [0.25, 0.3) is 0 Å². The van der Waals surface area contributed by atoms with Crippen LogP contribution in [-0.2, 0) is 30.2 Å². The van der Waals surface area contributed by atoms with Crippen molar-refractivity contribution in [2.45, 2.75) is 78.1 Å². The first-order chi connectivity index (χ1) is 25.1. The number of ether oxygens (including phenoxy) is 5. The summed E-state index contributed by atoms with van der Waals surface area (Å²) in [7, 11) is 1.28. The summed E-state index contributed by atoms with van der Waals surface area (Å²) < 4.78 is 26.4. The molecule has 0 aliphatic rings. The topological polar surface area (TPSA) is 132 Å². The smallest absolute Gasteiger partial charge is 0.343 e. The van der Waals surface area contributed by atoms with Crippen LogP contribution in [0.5, 0.6) is 11.5 Å². The second kappa shape index (κ2) is 22.3. The van der Waals surface area contributed by atoms with E-state index in [0.29, 0.717) is 29.7 Å². The first kappa shape index (κ1) is 40.9. The van der Waals surface area contributed by atoms with Crippen LogP contribution in [0.4, 0.5) is 0 Å². The number of rotatable bonds is 21. The van der Waals surface area contributed by atoms with Crippen molar-refractivity contribution in [3.63, 3.8) is 0 Å². The molecule has 0 fully saturated rings. The number of carbonyl (C=O) groups is 5. The first-order valence-electron chi connectivity index (χ1n) is 17.6. The summed E-state index contributed by atoms with van der Waals surface area (Å²) in [5.41, 5.74) is 2.68. The minimum Gasteiger partial charge on any atom is -0.466 e. The zero-order chi connectivity index (χ0) is 37.7. The summed E-state index contributed by atoms with van der Waals surface area (Å²) in [6.45, 7) is 7.84. The van der Waals surface area contributed by atoms with E-state index in [4.69, 9.17) is 18.9 Å². The molecule has 3 aromatic carbocycles. The van der Waals surface area contributed by atoms with E-state index in [1.807, 2.05) is 12.1 Å². The molecule has 52 heavy (non-hydrogen) atoms. The third kappa shape index (κ3) is 14.4. The largest absolute Gasteiger partial charge is 0.466 e. The maximum atomic E-state index is 13.3. The molecule has 0 amide bonds. The summed E-state index contributed by atoms with van der Waals surface area (Å²) in [6.07, 6.45) is 12.1. The molecule has 3 aromatic rings. The Morgan fingerprint density at radius 3 is 1.81 bits per heavy atom. The predicted octanol–water partition coefficient (Wildman–Crippen LogP) is 8.66. The Hall–Kier alpha value is -5.51. The Morgan fingerprint density at radius 1 is 0.673 bits per heavy atom. The number of unbranched alkanes of at least 4 members (excludes halogenated alkanes) is 7. The molecule has 10 nitrogen and oxygen atoms in total. The predicted molar refractivity (Wildman–Crippen MR) is 197 cm³/mol. The van der Waals surface area contributed by atoms with Gasteiger partial charge in [0, 0.05) is 11.6 Å². The molecule has 0 N–H and O–H groups in total. The van der Waals surface area contributed by atoms with Gasteiger partial charge < -0.3 is 23.7 Å². The minimum atomic E-state index is -0.715. The molecule has 0 aliphatic heterocycles. The van der Waals surface area contributed by atoms with Gasteiger partial charge in [-0.2, -0.15) is 0 Å². The number of benzene rings is 3. The van der Waals surface area contributed by atoms with Crippen LogP contribution in [-0.4, -0.2) is 50.2 Å². The van der Waals surface area contributed by atoms with Crippen molar-refractivity contribution in [3.05, 3.63) is 113 Å². The zero-order valence-electron chi connectivity index (χ0n) is 30.3. The molecule has 0 heterocycles. The first-order valence-corrected chi connectivity index (χ1v) is 17.6. The van der Waals surface area contributed by atoms with E-state index in [9.17, 15) is 24.0 Å². The molecule has 0 bridgehead atoms. The summed E-state index contributed by atoms with van der Waals surface area (Å²) >= 11 is 0. The standard InChI is InChI=1S/C42H48O10/c1-5-14-31-15-20-34(21-16-31)41(46)52-37-25-24-35(51-40(45)33-22-17-32(18-23-33)19-26-38(43)48-4)29-36(37)42(47)50-28-13-11-9-7-6-8-10-12-27-49-39(44)30(2)3/h15-26,29H,2,5-14,27-28H2,1,3-4H3/b26-19+. The van der Waals surface area contributed by atoms with Gasteiger partial charge >= 0.3 is 29.8 Å². The van der Waals surface area contributed by atoms with Gasteiger partial charge in [0.05, 0.1) is 31.5 Å². The molecule has 0 aliphatic carbocycles. The van der Waals surface area contributed by atoms with Crippen LogP contribution in [0.2, 0.25) is 0 Å². The van der Waals surface area contributed by atoms with Gasteiger partial charge in [-0.15, -0.1) is 0 Å². The number of hydrogen-bond acceptors (Lipinski definition) is 10. The van der Waals surface area contributed by atoms with Gasteiger partial charge in [-0.25, -0.2) is 24.0 Å². The summed E-state index contributed by atoms with van der Waals surface area (Å²) in [5, 5.41) is 0. The van der Waals surface area contributed by atoms with E-state index in [0.717, 1.165) is 63.4 Å². The molecule has 276 valence electrons. The van der Waals surface area contributed by atoms with E-state index in [1.54, 1.807) is 49.4 Å². The number of methoxy groups -OCH3 is 1. The van der Waals surface area contributed by atoms with E-state index < -0.39 is 23.9 Å². The molecule has 10 heteroatoms. The van der Waals surface area contributed by atoms with Crippen LogP contribution in [0.1, 0.15) is 114 Å². The maximum absolute atomic E-state index is 13.3. The second-order valence-electron chi connectivity index (χ2n) is 12.2. The average Bonchev–Trinajstić information content (AvgIpc) is 3.15. The molecule has 0 saturated carbocycles. The van der Waals surface area contributed by atoms with Crippen molar-refractivity contribution >= 4 is 35.9 Å². The quantitative estimate of drug-likeness (QED) is 0.0348. The Labute approximate surface area is 305 Å². The molecular weight excluding hydrogens is 664 g/mol. The molecule has 3 rings (SSSR count). The van der Waals surface area contributed by atoms with Gasteiger partial charge in [-0.1, -0.05) is 82.7 Å². The van der Waals surface area contributed by atoms with Crippen molar-refractivity contribution in [2.24, 2.45) is 0 Å². The third-order valence-corrected chi connectivity index (χ3v) is 7.93. The zero-order valence-corrected chi connectivity index (χ0v) is 30.3. The lowest BCUT2D eigenvalue weighted by atomic mass is 10.1. The monoisotopic (exact) mass is 712 g/mol. The molecule has 0 saturated heterocycles.